The number of nitriles is 1. The Morgan fingerprint density at radius 1 is 1.44 bits per heavy atom. The van der Waals surface area contributed by atoms with Crippen LogP contribution in [0, 0.1) is 15.3 Å². The van der Waals surface area contributed by atoms with Gasteiger partial charge in [-0.1, -0.05) is 23.1 Å². The number of carbonyl (C=O) groups is 1. The lowest BCUT2D eigenvalue weighted by Crippen LogP contribution is -2.28. The highest BCUT2D eigenvalue weighted by atomic mass is 32.2. The van der Waals surface area contributed by atoms with E-state index in [-0.39, 0.29) is 17.4 Å². The van der Waals surface area contributed by atoms with Gasteiger partial charge in [0, 0.05) is 12.3 Å². The molecule has 0 aliphatic carbocycles. The number of thioether (sulfide) groups is 1. The smallest absolute Gasteiger partial charge is 0.338 e. The van der Waals surface area contributed by atoms with Crippen LogP contribution in [0.4, 0.5) is 0 Å². The number of esters is 1. The normalized spacial score (nSPS) is 15.7. The third-order valence-electron chi connectivity index (χ3n) is 4.97. The maximum absolute atomic E-state index is 13.4. The topological polar surface area (TPSA) is 99.1 Å². The van der Waals surface area contributed by atoms with Crippen LogP contribution in [0.2, 0.25) is 0 Å². The first-order chi connectivity index (χ1) is 15.5. The number of fused-ring (bicyclic) bond motifs is 1. The maximum atomic E-state index is 13.4. The second kappa shape index (κ2) is 9.95. The highest BCUT2D eigenvalue weighted by Gasteiger charge is 2.22. The minimum atomic E-state index is -0.400. The Balaban J connectivity index is 1.81. The fourth-order valence-corrected chi connectivity index (χ4v) is 5.50. The number of nitrogens with zero attached hydrogens (tertiary/aromatic N) is 4. The van der Waals surface area contributed by atoms with Crippen LogP contribution in [0.3, 0.4) is 0 Å². The summed E-state index contributed by atoms with van der Waals surface area (Å²) in [4.78, 5) is 30.1. The van der Waals surface area contributed by atoms with E-state index in [0.29, 0.717) is 50.5 Å². The van der Waals surface area contributed by atoms with Crippen molar-refractivity contribution in [3.05, 3.63) is 44.1 Å². The van der Waals surface area contributed by atoms with Gasteiger partial charge in [0.25, 0.3) is 5.56 Å². The third kappa shape index (κ3) is 4.49. The summed E-state index contributed by atoms with van der Waals surface area (Å²) in [6.45, 7) is 3.13. The van der Waals surface area contributed by atoms with Crippen molar-refractivity contribution >= 4 is 51.6 Å². The van der Waals surface area contributed by atoms with Crippen LogP contribution in [-0.2, 0) is 16.0 Å². The van der Waals surface area contributed by atoms with Gasteiger partial charge in [0.05, 0.1) is 36.6 Å². The average Bonchev–Trinajstić information content (AvgIpc) is 3.42. The van der Waals surface area contributed by atoms with Crippen LogP contribution >= 0.6 is 35.3 Å². The fourth-order valence-electron chi connectivity index (χ4n) is 3.52. The summed E-state index contributed by atoms with van der Waals surface area (Å²) in [5.74, 6) is -0.231. The van der Waals surface area contributed by atoms with Crippen LogP contribution in [0.25, 0.3) is 16.0 Å². The molecular weight excluding hydrogens is 468 g/mol. The molecule has 3 heterocycles. The third-order valence-corrected chi connectivity index (χ3v) is 7.17. The average molecular weight is 489 g/mol. The Kier molecular flexibility index (Phi) is 7.05. The Bertz CT molecular complexity index is 1300. The van der Waals surface area contributed by atoms with Crippen molar-refractivity contribution in [3.8, 4) is 11.8 Å². The number of hydrogen-bond donors (Lipinski definition) is 0. The molecule has 0 spiro atoms. The summed E-state index contributed by atoms with van der Waals surface area (Å²) < 4.78 is 15.0. The first kappa shape index (κ1) is 22.7. The van der Waals surface area contributed by atoms with Crippen molar-refractivity contribution in [2.45, 2.75) is 37.6 Å². The highest BCUT2D eigenvalue weighted by Crippen LogP contribution is 2.27. The molecule has 11 heteroatoms. The summed E-state index contributed by atoms with van der Waals surface area (Å²) in [5, 5.41) is 9.52. The van der Waals surface area contributed by atoms with Crippen molar-refractivity contribution in [2.24, 2.45) is 0 Å². The number of aromatic nitrogens is 3. The minimum Gasteiger partial charge on any atom is -0.462 e. The number of ether oxygens (including phenoxy) is 2. The first-order valence-corrected chi connectivity index (χ1v) is 12.3. The first-order valence-electron chi connectivity index (χ1n) is 10.1. The lowest BCUT2D eigenvalue weighted by Gasteiger charge is -2.15. The Morgan fingerprint density at radius 2 is 2.22 bits per heavy atom. The molecule has 8 nitrogen and oxygen atoms in total. The van der Waals surface area contributed by atoms with Gasteiger partial charge in [-0.2, -0.15) is 5.26 Å². The molecule has 0 unspecified atom stereocenters. The van der Waals surface area contributed by atoms with Gasteiger partial charge in [0.2, 0.25) is 0 Å². The molecule has 1 fully saturated rings. The van der Waals surface area contributed by atoms with Crippen molar-refractivity contribution in [3.63, 3.8) is 0 Å². The SMILES string of the molecule is CCOC(=O)c1ccc(-n2c(=S)sc3c(=O)n(C[C@H]4CCCO4)c(SCC#N)nc32)cc1. The minimum absolute atomic E-state index is 0.0427. The van der Waals surface area contributed by atoms with Gasteiger partial charge in [-0.25, -0.2) is 9.78 Å². The molecule has 0 N–H and O–H groups in total. The van der Waals surface area contributed by atoms with E-state index in [0.717, 1.165) is 12.8 Å². The highest BCUT2D eigenvalue weighted by molar-refractivity contribution is 7.99. The molecule has 1 aromatic carbocycles. The van der Waals surface area contributed by atoms with E-state index < -0.39 is 5.97 Å². The van der Waals surface area contributed by atoms with Gasteiger partial charge >= 0.3 is 5.97 Å². The zero-order chi connectivity index (χ0) is 22.7. The van der Waals surface area contributed by atoms with E-state index in [1.807, 2.05) is 0 Å². The molecule has 1 saturated heterocycles. The number of benzene rings is 1. The quantitative estimate of drug-likeness (QED) is 0.213. The predicted octanol–water partition coefficient (Wildman–Crippen LogP) is 3.95. The summed E-state index contributed by atoms with van der Waals surface area (Å²) >= 11 is 7.97. The van der Waals surface area contributed by atoms with Crippen molar-refractivity contribution in [2.75, 3.05) is 19.0 Å². The molecule has 0 radical (unpaired) electrons. The summed E-state index contributed by atoms with van der Waals surface area (Å²) in [6, 6.07) is 8.89. The van der Waals surface area contributed by atoms with E-state index >= 15 is 0 Å². The largest absolute Gasteiger partial charge is 0.462 e. The van der Waals surface area contributed by atoms with Crippen LogP contribution in [-0.4, -0.2) is 45.2 Å². The predicted molar refractivity (Wildman–Crippen MR) is 125 cm³/mol. The Labute approximate surface area is 197 Å². The van der Waals surface area contributed by atoms with Crippen LogP contribution < -0.4 is 5.56 Å². The number of rotatable bonds is 7. The van der Waals surface area contributed by atoms with E-state index in [2.05, 4.69) is 6.07 Å². The van der Waals surface area contributed by atoms with Crippen molar-refractivity contribution in [1.29, 1.82) is 5.26 Å². The Morgan fingerprint density at radius 3 is 2.88 bits per heavy atom. The molecule has 1 aliphatic rings. The molecule has 1 aliphatic heterocycles. The molecule has 4 rings (SSSR count). The Hall–Kier alpha value is -2.52. The van der Waals surface area contributed by atoms with Crippen molar-refractivity contribution < 1.29 is 14.3 Å². The summed E-state index contributed by atoms with van der Waals surface area (Å²) in [5.41, 5.74) is 1.37. The van der Waals surface area contributed by atoms with E-state index in [4.69, 9.17) is 31.9 Å². The molecule has 32 heavy (non-hydrogen) atoms. The molecule has 0 bridgehead atoms. The lowest BCUT2D eigenvalue weighted by atomic mass is 10.2. The van der Waals surface area contributed by atoms with Gasteiger partial charge in [-0.3, -0.25) is 13.9 Å². The van der Waals surface area contributed by atoms with Gasteiger partial charge in [0.1, 0.15) is 4.70 Å². The molecule has 3 aromatic rings. The number of carbonyl (C=O) groups excluding carboxylic acids is 1. The maximum Gasteiger partial charge on any atom is 0.338 e. The van der Waals surface area contributed by atoms with Gasteiger partial charge in [-0.05, 0) is 56.2 Å². The molecular formula is C21H20N4O4S3. The standard InChI is InChI=1S/C21H20N4O4S3/c1-2-28-19(27)13-5-7-14(8-6-13)25-17-16(32-21(25)30)18(26)24(12-15-4-3-10-29-15)20(23-17)31-11-9-22/h5-8,15H,2-4,10-12H2,1H3/t15-/m1/s1. The monoisotopic (exact) mass is 488 g/mol. The molecule has 2 aromatic heterocycles. The number of thiazole rings is 1. The van der Waals surface area contributed by atoms with Crippen LogP contribution in [0.5, 0.6) is 0 Å². The van der Waals surface area contributed by atoms with E-state index in [9.17, 15) is 9.59 Å². The van der Waals surface area contributed by atoms with Gasteiger partial charge in [-0.15, -0.1) is 0 Å². The van der Waals surface area contributed by atoms with Gasteiger partial charge in [0.15, 0.2) is 14.8 Å². The molecule has 0 amide bonds. The number of hydrogen-bond acceptors (Lipinski definition) is 9. The van der Waals surface area contributed by atoms with E-state index in [1.165, 1.54) is 23.1 Å². The summed E-state index contributed by atoms with van der Waals surface area (Å²) in [6.07, 6.45) is 1.81. The zero-order valence-corrected chi connectivity index (χ0v) is 19.7. The summed E-state index contributed by atoms with van der Waals surface area (Å²) in [7, 11) is 0. The van der Waals surface area contributed by atoms with E-state index in [1.54, 1.807) is 40.3 Å². The molecule has 1 atom stereocenters. The second-order valence-corrected chi connectivity index (χ2v) is 9.60. The fraction of sp³-hybridized carbons (Fsp3) is 0.381. The van der Waals surface area contributed by atoms with Crippen LogP contribution in [0.15, 0.2) is 34.2 Å². The van der Waals surface area contributed by atoms with Gasteiger partial charge < -0.3 is 9.47 Å². The van der Waals surface area contributed by atoms with Crippen molar-refractivity contribution in [1.82, 2.24) is 14.1 Å². The second-order valence-electron chi connectivity index (χ2n) is 7.02. The zero-order valence-electron chi connectivity index (χ0n) is 17.3. The lowest BCUT2D eigenvalue weighted by molar-refractivity contribution is 0.0526. The molecule has 166 valence electrons. The van der Waals surface area contributed by atoms with Crippen LogP contribution in [0.1, 0.15) is 30.1 Å². The molecule has 0 saturated carbocycles.